The Kier molecular flexibility index (Phi) is 6.02. The van der Waals surface area contributed by atoms with Crippen LogP contribution in [0.5, 0.6) is 0 Å². The third-order valence-corrected chi connectivity index (χ3v) is 4.21. The van der Waals surface area contributed by atoms with Crippen molar-refractivity contribution in [3.8, 4) is 0 Å². The van der Waals surface area contributed by atoms with Crippen LogP contribution in [0, 0.1) is 5.92 Å². The molecule has 0 radical (unpaired) electrons. The van der Waals surface area contributed by atoms with E-state index < -0.39 is 12.0 Å². The molecule has 1 aromatic carbocycles. The fraction of sp³-hybridized carbons (Fsp3) is 0.429. The quantitative estimate of drug-likeness (QED) is 0.787. The molecule has 5 heteroatoms. The summed E-state index contributed by atoms with van der Waals surface area (Å²) in [5.41, 5.74) is 0.880. The molecule has 1 rings (SSSR count). The number of aliphatic carboxylic acids is 1. The number of carbonyl (C=O) groups excluding carboxylic acids is 1. The van der Waals surface area contributed by atoms with E-state index in [1.54, 1.807) is 0 Å². The van der Waals surface area contributed by atoms with Gasteiger partial charge >= 0.3 is 5.97 Å². The summed E-state index contributed by atoms with van der Waals surface area (Å²) >= 11 is 3.27. The average molecular weight is 328 g/mol. The van der Waals surface area contributed by atoms with Gasteiger partial charge in [0.1, 0.15) is 6.04 Å². The van der Waals surface area contributed by atoms with Crippen molar-refractivity contribution in [1.82, 2.24) is 5.32 Å². The second kappa shape index (κ2) is 7.28. The second-order valence-electron chi connectivity index (χ2n) is 4.73. The SMILES string of the molecule is CC(C)[C@H](Br)C(=O)N[C@H](Cc1ccccc1)C(=O)O. The highest BCUT2D eigenvalue weighted by Crippen LogP contribution is 2.12. The van der Waals surface area contributed by atoms with Crippen molar-refractivity contribution in [2.75, 3.05) is 0 Å². The third-order valence-electron chi connectivity index (χ3n) is 2.73. The number of alkyl halides is 1. The van der Waals surface area contributed by atoms with Crippen LogP contribution in [-0.2, 0) is 16.0 Å². The molecule has 0 saturated carbocycles. The van der Waals surface area contributed by atoms with Gasteiger partial charge in [0, 0.05) is 6.42 Å². The number of hydrogen-bond donors (Lipinski definition) is 2. The van der Waals surface area contributed by atoms with Crippen molar-refractivity contribution >= 4 is 27.8 Å². The Morgan fingerprint density at radius 3 is 2.32 bits per heavy atom. The molecular formula is C14H18BrNO3. The van der Waals surface area contributed by atoms with E-state index in [1.807, 2.05) is 44.2 Å². The van der Waals surface area contributed by atoms with Crippen molar-refractivity contribution in [2.45, 2.75) is 31.1 Å². The third kappa shape index (κ3) is 5.03. The van der Waals surface area contributed by atoms with Crippen LogP contribution in [0.1, 0.15) is 19.4 Å². The fourth-order valence-electron chi connectivity index (χ4n) is 1.60. The Morgan fingerprint density at radius 2 is 1.84 bits per heavy atom. The highest BCUT2D eigenvalue weighted by Gasteiger charge is 2.25. The van der Waals surface area contributed by atoms with E-state index in [-0.39, 0.29) is 23.1 Å². The first-order chi connectivity index (χ1) is 8.91. The summed E-state index contributed by atoms with van der Waals surface area (Å²) in [6.07, 6.45) is 0.278. The Bertz CT molecular complexity index is 434. The van der Waals surface area contributed by atoms with Gasteiger partial charge in [-0.25, -0.2) is 4.79 Å². The number of amides is 1. The molecule has 2 N–H and O–H groups in total. The smallest absolute Gasteiger partial charge is 0.326 e. The summed E-state index contributed by atoms with van der Waals surface area (Å²) in [5.74, 6) is -1.22. The average Bonchev–Trinajstić information content (AvgIpc) is 2.37. The molecular weight excluding hydrogens is 310 g/mol. The van der Waals surface area contributed by atoms with E-state index in [4.69, 9.17) is 0 Å². The number of nitrogens with one attached hydrogen (secondary N) is 1. The molecule has 0 unspecified atom stereocenters. The van der Waals surface area contributed by atoms with Gasteiger partial charge in [0.2, 0.25) is 5.91 Å². The van der Waals surface area contributed by atoms with Gasteiger partial charge in [-0.3, -0.25) is 4.79 Å². The molecule has 0 aliphatic rings. The van der Waals surface area contributed by atoms with Crippen LogP contribution < -0.4 is 5.32 Å². The van der Waals surface area contributed by atoms with E-state index in [2.05, 4.69) is 21.2 Å². The van der Waals surface area contributed by atoms with Crippen LogP contribution in [0.2, 0.25) is 0 Å². The van der Waals surface area contributed by atoms with Crippen LogP contribution in [0.4, 0.5) is 0 Å². The van der Waals surface area contributed by atoms with Gasteiger partial charge in [-0.15, -0.1) is 0 Å². The fourth-order valence-corrected chi connectivity index (χ4v) is 1.74. The summed E-state index contributed by atoms with van der Waals surface area (Å²) in [6, 6.07) is 8.33. The van der Waals surface area contributed by atoms with Crippen molar-refractivity contribution in [3.63, 3.8) is 0 Å². The van der Waals surface area contributed by atoms with Crippen molar-refractivity contribution < 1.29 is 14.7 Å². The van der Waals surface area contributed by atoms with Crippen molar-refractivity contribution in [3.05, 3.63) is 35.9 Å². The number of carboxylic acids is 1. The Balaban J connectivity index is 2.69. The zero-order valence-corrected chi connectivity index (χ0v) is 12.6. The lowest BCUT2D eigenvalue weighted by atomic mass is 10.0. The van der Waals surface area contributed by atoms with Gasteiger partial charge in [-0.1, -0.05) is 60.1 Å². The molecule has 0 heterocycles. The maximum atomic E-state index is 11.9. The van der Waals surface area contributed by atoms with Gasteiger partial charge in [-0.05, 0) is 11.5 Å². The van der Waals surface area contributed by atoms with Crippen LogP contribution in [0.3, 0.4) is 0 Å². The topological polar surface area (TPSA) is 66.4 Å². The summed E-state index contributed by atoms with van der Waals surface area (Å²) in [7, 11) is 0. The second-order valence-corrected chi connectivity index (χ2v) is 5.72. The molecule has 0 aromatic heterocycles. The Labute approximate surface area is 121 Å². The zero-order chi connectivity index (χ0) is 14.4. The number of benzene rings is 1. The molecule has 4 nitrogen and oxygen atoms in total. The van der Waals surface area contributed by atoms with Gasteiger partial charge in [0.05, 0.1) is 4.83 Å². The lowest BCUT2D eigenvalue weighted by molar-refractivity contribution is -0.141. The lowest BCUT2D eigenvalue weighted by Gasteiger charge is -2.19. The number of rotatable bonds is 6. The summed E-state index contributed by atoms with van der Waals surface area (Å²) in [4.78, 5) is 22.7. The van der Waals surface area contributed by atoms with Crippen molar-refractivity contribution in [1.29, 1.82) is 0 Å². The predicted octanol–water partition coefficient (Wildman–Crippen LogP) is 2.22. The minimum atomic E-state index is -1.03. The monoisotopic (exact) mass is 327 g/mol. The molecule has 0 spiro atoms. The minimum absolute atomic E-state index is 0.103. The molecule has 0 fully saturated rings. The molecule has 1 amide bonds. The van der Waals surface area contributed by atoms with Crippen LogP contribution in [0.25, 0.3) is 0 Å². The van der Waals surface area contributed by atoms with E-state index in [0.717, 1.165) is 5.56 Å². The summed E-state index contributed by atoms with van der Waals surface area (Å²) in [5, 5.41) is 11.7. The molecule has 2 atom stereocenters. The largest absolute Gasteiger partial charge is 0.480 e. The molecule has 0 aliphatic heterocycles. The van der Waals surface area contributed by atoms with Gasteiger partial charge in [0.25, 0.3) is 0 Å². The first-order valence-electron chi connectivity index (χ1n) is 6.13. The van der Waals surface area contributed by atoms with Gasteiger partial charge in [-0.2, -0.15) is 0 Å². The highest BCUT2D eigenvalue weighted by atomic mass is 79.9. The Hall–Kier alpha value is -1.36. The van der Waals surface area contributed by atoms with Crippen LogP contribution in [0.15, 0.2) is 30.3 Å². The van der Waals surface area contributed by atoms with Crippen LogP contribution in [-0.4, -0.2) is 27.9 Å². The van der Waals surface area contributed by atoms with Crippen molar-refractivity contribution in [2.24, 2.45) is 5.92 Å². The molecule has 0 saturated heterocycles. The summed E-state index contributed by atoms with van der Waals surface area (Å²) in [6.45, 7) is 3.79. The first kappa shape index (κ1) is 15.7. The normalized spacial score (nSPS) is 13.9. The summed E-state index contributed by atoms with van der Waals surface area (Å²) < 4.78 is 0. The number of carboxylic acid groups (broad SMARTS) is 1. The van der Waals surface area contributed by atoms with E-state index >= 15 is 0 Å². The molecule has 19 heavy (non-hydrogen) atoms. The van der Waals surface area contributed by atoms with Crippen LogP contribution >= 0.6 is 15.9 Å². The molecule has 1 aromatic rings. The molecule has 0 aliphatic carbocycles. The van der Waals surface area contributed by atoms with E-state index in [0.29, 0.717) is 0 Å². The standard InChI is InChI=1S/C14H18BrNO3/c1-9(2)12(15)13(17)16-11(14(18)19)8-10-6-4-3-5-7-10/h3-7,9,11-12H,8H2,1-2H3,(H,16,17)(H,18,19)/t11-,12+/m1/s1. The van der Waals surface area contributed by atoms with Gasteiger partial charge in [0.15, 0.2) is 0 Å². The number of hydrogen-bond acceptors (Lipinski definition) is 2. The number of carbonyl (C=O) groups is 2. The van der Waals surface area contributed by atoms with Gasteiger partial charge < -0.3 is 10.4 Å². The Morgan fingerprint density at radius 1 is 1.26 bits per heavy atom. The number of halogens is 1. The highest BCUT2D eigenvalue weighted by molar-refractivity contribution is 9.10. The van der Waals surface area contributed by atoms with E-state index in [9.17, 15) is 14.7 Å². The molecule has 104 valence electrons. The lowest BCUT2D eigenvalue weighted by Crippen LogP contribution is -2.46. The van der Waals surface area contributed by atoms with E-state index in [1.165, 1.54) is 0 Å². The predicted molar refractivity (Wildman–Crippen MR) is 77.3 cm³/mol. The first-order valence-corrected chi connectivity index (χ1v) is 7.04. The minimum Gasteiger partial charge on any atom is -0.480 e. The maximum absolute atomic E-state index is 11.9. The molecule has 0 bridgehead atoms. The zero-order valence-electron chi connectivity index (χ0n) is 11.0. The maximum Gasteiger partial charge on any atom is 0.326 e.